The van der Waals surface area contributed by atoms with Gasteiger partial charge >= 0.3 is 5.97 Å². The summed E-state index contributed by atoms with van der Waals surface area (Å²) in [7, 11) is 1.33. The fourth-order valence-corrected chi connectivity index (χ4v) is 2.75. The normalized spacial score (nSPS) is 11.0. The van der Waals surface area contributed by atoms with Gasteiger partial charge < -0.3 is 18.6 Å². The lowest BCUT2D eigenvalue weighted by atomic mass is 10.3. The van der Waals surface area contributed by atoms with Crippen LogP contribution in [-0.2, 0) is 16.1 Å². The van der Waals surface area contributed by atoms with E-state index in [1.165, 1.54) is 7.11 Å². The molecular formula is C17H24N2O4. The Labute approximate surface area is 136 Å². The molecule has 0 aliphatic rings. The predicted molar refractivity (Wildman–Crippen MR) is 87.4 cm³/mol. The number of hydrogen-bond donors (Lipinski definition) is 0. The molecule has 6 nitrogen and oxygen atoms in total. The Hall–Kier alpha value is -2.24. The Morgan fingerprint density at radius 3 is 2.43 bits per heavy atom. The van der Waals surface area contributed by atoms with Gasteiger partial charge in [0.15, 0.2) is 5.58 Å². The summed E-state index contributed by atoms with van der Waals surface area (Å²) in [6.45, 7) is 7.47. The van der Waals surface area contributed by atoms with E-state index in [1.54, 1.807) is 10.6 Å². The molecule has 2 rings (SSSR count). The number of aromatic nitrogens is 1. The number of fused-ring (bicyclic) bond motifs is 1. The molecule has 2 aromatic heterocycles. The number of esters is 1. The van der Waals surface area contributed by atoms with Crippen molar-refractivity contribution in [3.8, 4) is 0 Å². The number of rotatable bonds is 7. The van der Waals surface area contributed by atoms with Gasteiger partial charge in [-0.15, -0.1) is 0 Å². The van der Waals surface area contributed by atoms with Crippen molar-refractivity contribution in [3.63, 3.8) is 0 Å². The average Bonchev–Trinajstić information content (AvgIpc) is 3.03. The van der Waals surface area contributed by atoms with E-state index in [0.29, 0.717) is 11.3 Å². The Bertz CT molecular complexity index is 693. The van der Waals surface area contributed by atoms with E-state index in [2.05, 4.69) is 0 Å². The highest BCUT2D eigenvalue weighted by molar-refractivity contribution is 5.95. The number of ether oxygens (including phenoxy) is 1. The molecule has 0 aliphatic heterocycles. The second-order valence-electron chi connectivity index (χ2n) is 5.59. The molecule has 6 heteroatoms. The Balaban J connectivity index is 2.36. The molecule has 2 aromatic rings. The second-order valence-corrected chi connectivity index (χ2v) is 5.59. The van der Waals surface area contributed by atoms with Crippen LogP contribution in [-0.4, -0.2) is 41.5 Å². The molecule has 0 fully saturated rings. The number of carbonyl (C=O) groups is 2. The quantitative estimate of drug-likeness (QED) is 0.736. The molecule has 1 amide bonds. The van der Waals surface area contributed by atoms with E-state index < -0.39 is 5.97 Å². The van der Waals surface area contributed by atoms with Gasteiger partial charge in [-0.1, -0.05) is 13.8 Å². The lowest BCUT2D eigenvalue weighted by Crippen LogP contribution is -2.35. The van der Waals surface area contributed by atoms with E-state index in [9.17, 15) is 9.59 Å². The molecule has 0 saturated carbocycles. The number of aryl methyl sites for hydroxylation is 1. The fourth-order valence-electron chi connectivity index (χ4n) is 2.75. The smallest absolute Gasteiger partial charge is 0.354 e. The maximum absolute atomic E-state index is 12.6. The van der Waals surface area contributed by atoms with Crippen LogP contribution >= 0.6 is 0 Å². The predicted octanol–water partition coefficient (Wildman–Crippen LogP) is 2.98. The van der Waals surface area contributed by atoms with E-state index in [0.717, 1.165) is 37.2 Å². The van der Waals surface area contributed by atoms with Gasteiger partial charge in [-0.3, -0.25) is 4.79 Å². The molecule has 0 atom stereocenters. The van der Waals surface area contributed by atoms with E-state index in [4.69, 9.17) is 9.15 Å². The van der Waals surface area contributed by atoms with E-state index >= 15 is 0 Å². The first-order chi connectivity index (χ1) is 11.0. The largest absolute Gasteiger partial charge is 0.464 e. The summed E-state index contributed by atoms with van der Waals surface area (Å²) in [5.41, 5.74) is 1.67. The fraction of sp³-hybridized carbons (Fsp3) is 0.529. The number of hydrogen-bond acceptors (Lipinski definition) is 4. The molecule has 126 valence electrons. The van der Waals surface area contributed by atoms with Gasteiger partial charge in [0, 0.05) is 25.2 Å². The van der Waals surface area contributed by atoms with Crippen LogP contribution in [0.1, 0.15) is 42.9 Å². The van der Waals surface area contributed by atoms with Crippen molar-refractivity contribution in [1.29, 1.82) is 0 Å². The van der Waals surface area contributed by atoms with Crippen LogP contribution in [0.25, 0.3) is 11.1 Å². The lowest BCUT2D eigenvalue weighted by Gasteiger charge is -2.22. The first-order valence-electron chi connectivity index (χ1n) is 7.97. The Kier molecular flexibility index (Phi) is 5.47. The zero-order chi connectivity index (χ0) is 17.0. The van der Waals surface area contributed by atoms with Crippen molar-refractivity contribution >= 4 is 23.0 Å². The Morgan fingerprint density at radius 1 is 1.22 bits per heavy atom. The topological polar surface area (TPSA) is 64.7 Å². The molecule has 0 N–H and O–H groups in total. The highest BCUT2D eigenvalue weighted by Gasteiger charge is 2.22. The van der Waals surface area contributed by atoms with Crippen molar-refractivity contribution in [2.24, 2.45) is 0 Å². The van der Waals surface area contributed by atoms with Crippen molar-refractivity contribution in [1.82, 2.24) is 9.47 Å². The van der Waals surface area contributed by atoms with Gasteiger partial charge in [0.1, 0.15) is 18.0 Å². The minimum atomic E-state index is -0.473. The molecular weight excluding hydrogens is 296 g/mol. The van der Waals surface area contributed by atoms with Gasteiger partial charge in [-0.2, -0.15) is 0 Å². The maximum Gasteiger partial charge on any atom is 0.354 e. The van der Waals surface area contributed by atoms with Gasteiger partial charge in [-0.25, -0.2) is 4.79 Å². The molecule has 0 aromatic carbocycles. The molecule has 0 saturated heterocycles. The monoisotopic (exact) mass is 320 g/mol. The van der Waals surface area contributed by atoms with Crippen LogP contribution in [0.2, 0.25) is 0 Å². The molecule has 2 heterocycles. The zero-order valence-electron chi connectivity index (χ0n) is 14.2. The third-order valence-corrected chi connectivity index (χ3v) is 3.74. The van der Waals surface area contributed by atoms with Crippen LogP contribution in [0.5, 0.6) is 0 Å². The summed E-state index contributed by atoms with van der Waals surface area (Å²) in [6.07, 6.45) is 1.81. The Morgan fingerprint density at radius 2 is 1.87 bits per heavy atom. The van der Waals surface area contributed by atoms with Crippen molar-refractivity contribution in [2.45, 2.75) is 40.2 Å². The first-order valence-corrected chi connectivity index (χ1v) is 7.97. The maximum atomic E-state index is 12.6. The SMILES string of the molecule is CCCN(CCC)C(=O)Cn1c(C(=O)OC)cc2oc(C)cc21. The number of amides is 1. The third kappa shape index (κ3) is 3.57. The summed E-state index contributed by atoms with van der Waals surface area (Å²) < 4.78 is 12.1. The van der Waals surface area contributed by atoms with Gasteiger partial charge in [0.05, 0.1) is 12.6 Å². The summed E-state index contributed by atoms with van der Waals surface area (Å²) in [5, 5.41) is 0. The summed E-state index contributed by atoms with van der Waals surface area (Å²) in [6, 6.07) is 3.46. The van der Waals surface area contributed by atoms with Crippen LogP contribution in [0.4, 0.5) is 0 Å². The van der Waals surface area contributed by atoms with Crippen LogP contribution in [0.15, 0.2) is 16.5 Å². The van der Waals surface area contributed by atoms with E-state index in [1.807, 2.05) is 31.7 Å². The number of nitrogens with zero attached hydrogens (tertiary/aromatic N) is 2. The number of methoxy groups -OCH3 is 1. The molecule has 0 radical (unpaired) electrons. The number of carbonyl (C=O) groups excluding carboxylic acids is 2. The summed E-state index contributed by atoms with van der Waals surface area (Å²) in [4.78, 5) is 26.4. The van der Waals surface area contributed by atoms with Crippen molar-refractivity contribution < 1.29 is 18.7 Å². The van der Waals surface area contributed by atoms with Gasteiger partial charge in [0.25, 0.3) is 0 Å². The second kappa shape index (κ2) is 7.35. The molecule has 0 bridgehead atoms. The van der Waals surface area contributed by atoms with Gasteiger partial charge in [0.2, 0.25) is 5.91 Å². The molecule has 0 spiro atoms. The van der Waals surface area contributed by atoms with Crippen LogP contribution in [0.3, 0.4) is 0 Å². The van der Waals surface area contributed by atoms with Crippen molar-refractivity contribution in [3.05, 3.63) is 23.6 Å². The highest BCUT2D eigenvalue weighted by Crippen LogP contribution is 2.24. The average molecular weight is 320 g/mol. The highest BCUT2D eigenvalue weighted by atomic mass is 16.5. The minimum Gasteiger partial charge on any atom is -0.464 e. The molecule has 0 aliphatic carbocycles. The van der Waals surface area contributed by atoms with Gasteiger partial charge in [-0.05, 0) is 19.8 Å². The van der Waals surface area contributed by atoms with Crippen LogP contribution in [0, 0.1) is 6.92 Å². The number of furan rings is 1. The summed E-state index contributed by atoms with van der Waals surface area (Å²) >= 11 is 0. The molecule has 0 unspecified atom stereocenters. The zero-order valence-corrected chi connectivity index (χ0v) is 14.2. The van der Waals surface area contributed by atoms with E-state index in [-0.39, 0.29) is 12.5 Å². The summed E-state index contributed by atoms with van der Waals surface area (Å²) in [5.74, 6) is 0.265. The van der Waals surface area contributed by atoms with Crippen LogP contribution < -0.4 is 0 Å². The lowest BCUT2D eigenvalue weighted by molar-refractivity contribution is -0.131. The van der Waals surface area contributed by atoms with Crippen molar-refractivity contribution in [2.75, 3.05) is 20.2 Å². The minimum absolute atomic E-state index is 0.00444. The first kappa shape index (κ1) is 17.1. The standard InChI is InChI=1S/C17H24N2O4/c1-5-7-18(8-6-2)16(20)11-19-13-9-12(3)23-15(13)10-14(19)17(21)22-4/h9-10H,5-8,11H2,1-4H3. The third-order valence-electron chi connectivity index (χ3n) is 3.74. The molecule has 23 heavy (non-hydrogen) atoms.